The maximum absolute atomic E-state index is 11.6. The van der Waals surface area contributed by atoms with Crippen molar-refractivity contribution < 1.29 is 4.79 Å². The molecule has 3 heterocycles. The number of hydrogen-bond donors (Lipinski definition) is 0. The molecule has 3 rings (SSSR count). The molecule has 0 spiro atoms. The zero-order valence-electron chi connectivity index (χ0n) is 14.6. The van der Waals surface area contributed by atoms with Crippen molar-refractivity contribution in [1.29, 1.82) is 0 Å². The third-order valence-electron chi connectivity index (χ3n) is 5.38. The molecular formula is C17H29N5O. The van der Waals surface area contributed by atoms with Gasteiger partial charge in [-0.05, 0) is 12.3 Å². The van der Waals surface area contributed by atoms with Crippen LogP contribution in [0.25, 0.3) is 0 Å². The number of aromatic nitrogens is 2. The van der Waals surface area contributed by atoms with Crippen LogP contribution in [-0.2, 0) is 18.4 Å². The van der Waals surface area contributed by atoms with Gasteiger partial charge in [-0.3, -0.25) is 14.6 Å². The molecule has 0 radical (unpaired) electrons. The fraction of sp³-hybridized carbons (Fsp3) is 0.765. The zero-order valence-corrected chi connectivity index (χ0v) is 14.6. The Morgan fingerprint density at radius 2 is 2.09 bits per heavy atom. The van der Waals surface area contributed by atoms with Crippen molar-refractivity contribution in [2.24, 2.45) is 13.0 Å². The normalized spacial score (nSPS) is 27.3. The standard InChI is InChI=1S/C17H29N5O/c1-14-11-20(13-17-18-5-8-19(17)3)12-16(14)22-7-4-6-21(9-10-22)15(2)23/h5,8,14,16H,4,6-7,9-13H2,1-3H3/t14-,16+/m0/s1. The summed E-state index contributed by atoms with van der Waals surface area (Å²) in [7, 11) is 2.06. The van der Waals surface area contributed by atoms with Gasteiger partial charge >= 0.3 is 0 Å². The van der Waals surface area contributed by atoms with Gasteiger partial charge in [0.2, 0.25) is 5.91 Å². The number of likely N-dealkylation sites (tertiary alicyclic amines) is 1. The van der Waals surface area contributed by atoms with Crippen LogP contribution in [0.1, 0.15) is 26.1 Å². The van der Waals surface area contributed by atoms with E-state index in [4.69, 9.17) is 0 Å². The molecule has 0 unspecified atom stereocenters. The number of hydrogen-bond acceptors (Lipinski definition) is 4. The van der Waals surface area contributed by atoms with Crippen molar-refractivity contribution in [2.45, 2.75) is 32.9 Å². The fourth-order valence-electron chi connectivity index (χ4n) is 3.99. The number of aryl methyl sites for hydroxylation is 1. The van der Waals surface area contributed by atoms with Crippen molar-refractivity contribution >= 4 is 5.91 Å². The van der Waals surface area contributed by atoms with E-state index in [-0.39, 0.29) is 5.91 Å². The van der Waals surface area contributed by atoms with Gasteiger partial charge < -0.3 is 9.47 Å². The van der Waals surface area contributed by atoms with Gasteiger partial charge in [0.05, 0.1) is 6.54 Å². The van der Waals surface area contributed by atoms with Crippen LogP contribution in [-0.4, -0.2) is 75.5 Å². The summed E-state index contributed by atoms with van der Waals surface area (Å²) in [6, 6.07) is 0.599. The van der Waals surface area contributed by atoms with E-state index in [1.54, 1.807) is 6.92 Å². The minimum atomic E-state index is 0.211. The molecule has 6 heteroatoms. The molecule has 2 fully saturated rings. The molecule has 0 saturated carbocycles. The van der Waals surface area contributed by atoms with Crippen molar-refractivity contribution in [3.8, 4) is 0 Å². The molecule has 2 aliphatic heterocycles. The fourth-order valence-corrected chi connectivity index (χ4v) is 3.99. The van der Waals surface area contributed by atoms with E-state index < -0.39 is 0 Å². The predicted octanol–water partition coefficient (Wildman–Crippen LogP) is 0.795. The van der Waals surface area contributed by atoms with E-state index in [9.17, 15) is 4.79 Å². The van der Waals surface area contributed by atoms with E-state index in [0.717, 1.165) is 58.1 Å². The predicted molar refractivity (Wildman–Crippen MR) is 89.9 cm³/mol. The van der Waals surface area contributed by atoms with Crippen molar-refractivity contribution in [3.63, 3.8) is 0 Å². The highest BCUT2D eigenvalue weighted by atomic mass is 16.2. The molecule has 6 nitrogen and oxygen atoms in total. The number of rotatable bonds is 3. The lowest BCUT2D eigenvalue weighted by Crippen LogP contribution is -2.43. The van der Waals surface area contributed by atoms with Crippen LogP contribution in [0, 0.1) is 5.92 Å². The largest absolute Gasteiger partial charge is 0.342 e. The van der Waals surface area contributed by atoms with Crippen LogP contribution in [0.4, 0.5) is 0 Å². The lowest BCUT2D eigenvalue weighted by molar-refractivity contribution is -0.128. The Labute approximate surface area is 139 Å². The van der Waals surface area contributed by atoms with E-state index in [0.29, 0.717) is 12.0 Å². The van der Waals surface area contributed by atoms with E-state index in [1.165, 1.54) is 0 Å². The van der Waals surface area contributed by atoms with Crippen molar-refractivity contribution in [2.75, 3.05) is 39.3 Å². The molecule has 0 bridgehead atoms. The van der Waals surface area contributed by atoms with Crippen LogP contribution in [0.5, 0.6) is 0 Å². The molecule has 0 aromatic carbocycles. The van der Waals surface area contributed by atoms with Gasteiger partial charge in [0.1, 0.15) is 5.82 Å². The summed E-state index contributed by atoms with van der Waals surface area (Å²) in [5.41, 5.74) is 0. The average Bonchev–Trinajstić information content (AvgIpc) is 2.97. The minimum Gasteiger partial charge on any atom is -0.342 e. The lowest BCUT2D eigenvalue weighted by atomic mass is 10.0. The van der Waals surface area contributed by atoms with Crippen molar-refractivity contribution in [1.82, 2.24) is 24.3 Å². The molecule has 0 aliphatic carbocycles. The highest BCUT2D eigenvalue weighted by Gasteiger charge is 2.34. The second-order valence-corrected chi connectivity index (χ2v) is 7.09. The maximum atomic E-state index is 11.6. The Morgan fingerprint density at radius 1 is 1.26 bits per heavy atom. The highest BCUT2D eigenvalue weighted by Crippen LogP contribution is 2.24. The monoisotopic (exact) mass is 319 g/mol. The zero-order chi connectivity index (χ0) is 16.4. The first-order valence-electron chi connectivity index (χ1n) is 8.72. The summed E-state index contributed by atoms with van der Waals surface area (Å²) in [4.78, 5) is 23.2. The molecule has 1 amide bonds. The molecule has 1 aromatic heterocycles. The van der Waals surface area contributed by atoms with Crippen LogP contribution in [0.15, 0.2) is 12.4 Å². The van der Waals surface area contributed by atoms with Crippen LogP contribution in [0.2, 0.25) is 0 Å². The number of amides is 1. The van der Waals surface area contributed by atoms with Gasteiger partial charge in [0.15, 0.2) is 0 Å². The van der Waals surface area contributed by atoms with Crippen LogP contribution < -0.4 is 0 Å². The number of nitrogens with zero attached hydrogens (tertiary/aromatic N) is 5. The number of imidazole rings is 1. The Hall–Kier alpha value is -1.40. The van der Waals surface area contributed by atoms with Gasteiger partial charge in [0, 0.05) is 71.7 Å². The first kappa shape index (κ1) is 16.5. The number of carbonyl (C=O) groups excluding carboxylic acids is 1. The first-order valence-corrected chi connectivity index (χ1v) is 8.72. The van der Waals surface area contributed by atoms with Crippen molar-refractivity contribution in [3.05, 3.63) is 18.2 Å². The van der Waals surface area contributed by atoms with Gasteiger partial charge in [-0.2, -0.15) is 0 Å². The summed E-state index contributed by atoms with van der Waals surface area (Å²) in [5, 5.41) is 0. The average molecular weight is 319 g/mol. The first-order chi connectivity index (χ1) is 11.0. The van der Waals surface area contributed by atoms with E-state index >= 15 is 0 Å². The molecule has 2 atom stereocenters. The summed E-state index contributed by atoms with van der Waals surface area (Å²) in [6.07, 6.45) is 4.97. The summed E-state index contributed by atoms with van der Waals surface area (Å²) >= 11 is 0. The Bertz CT molecular complexity index is 543. The highest BCUT2D eigenvalue weighted by molar-refractivity contribution is 5.73. The second kappa shape index (κ2) is 7.01. The molecule has 1 aromatic rings. The smallest absolute Gasteiger partial charge is 0.219 e. The third-order valence-corrected chi connectivity index (χ3v) is 5.38. The molecule has 2 saturated heterocycles. The van der Waals surface area contributed by atoms with Crippen LogP contribution in [0.3, 0.4) is 0 Å². The minimum absolute atomic E-state index is 0.211. The summed E-state index contributed by atoms with van der Waals surface area (Å²) in [5.74, 6) is 2.01. The quantitative estimate of drug-likeness (QED) is 0.826. The molecule has 2 aliphatic rings. The lowest BCUT2D eigenvalue weighted by Gasteiger charge is -2.30. The van der Waals surface area contributed by atoms with Crippen LogP contribution >= 0.6 is 0 Å². The van der Waals surface area contributed by atoms with Gasteiger partial charge in [-0.15, -0.1) is 0 Å². The molecule has 23 heavy (non-hydrogen) atoms. The molecule has 128 valence electrons. The van der Waals surface area contributed by atoms with E-state index in [1.807, 2.05) is 17.3 Å². The molecular weight excluding hydrogens is 290 g/mol. The Morgan fingerprint density at radius 3 is 2.78 bits per heavy atom. The summed E-state index contributed by atoms with van der Waals surface area (Å²) in [6.45, 7) is 11.1. The molecule has 0 N–H and O–H groups in total. The topological polar surface area (TPSA) is 44.6 Å². The van der Waals surface area contributed by atoms with E-state index in [2.05, 4.69) is 33.3 Å². The van der Waals surface area contributed by atoms with Gasteiger partial charge in [-0.25, -0.2) is 4.98 Å². The van der Waals surface area contributed by atoms with Gasteiger partial charge in [-0.1, -0.05) is 6.92 Å². The Kier molecular flexibility index (Phi) is 5.02. The van der Waals surface area contributed by atoms with Gasteiger partial charge in [0.25, 0.3) is 0 Å². The summed E-state index contributed by atoms with van der Waals surface area (Å²) < 4.78 is 2.11. The Balaban J connectivity index is 1.58. The maximum Gasteiger partial charge on any atom is 0.219 e. The third kappa shape index (κ3) is 3.75. The number of carbonyl (C=O) groups is 1. The SMILES string of the molecule is CC(=O)N1CCCN([C@@H]2CN(Cc3nccn3C)C[C@@H]2C)CC1. The second-order valence-electron chi connectivity index (χ2n) is 7.09.